The molecule has 0 rings (SSSR count). The molecule has 0 aromatic carbocycles. The van der Waals surface area contributed by atoms with E-state index in [4.69, 9.17) is 37.0 Å². The number of aliphatic hydroxyl groups excluding tert-OH is 1. The molecule has 3 unspecified atom stereocenters. The molecule has 0 spiro atoms. The summed E-state index contributed by atoms with van der Waals surface area (Å²) in [7, 11) is -9.91. The molecule has 0 fully saturated rings. The maximum atomic E-state index is 13.1. The van der Waals surface area contributed by atoms with Crippen molar-refractivity contribution >= 4 is 39.5 Å². The van der Waals surface area contributed by atoms with E-state index in [-0.39, 0.29) is 25.7 Å². The average molecular weight is 1420 g/mol. The monoisotopic (exact) mass is 1420 g/mol. The van der Waals surface area contributed by atoms with Crippen LogP contribution in [0.3, 0.4) is 0 Å². The summed E-state index contributed by atoms with van der Waals surface area (Å²) in [6, 6.07) is 0. The van der Waals surface area contributed by atoms with Crippen LogP contribution in [0.1, 0.15) is 402 Å². The Morgan fingerprint density at radius 1 is 0.299 bits per heavy atom. The molecule has 0 radical (unpaired) electrons. The second-order valence-corrected chi connectivity index (χ2v) is 32.2. The summed E-state index contributed by atoms with van der Waals surface area (Å²) in [6.07, 6.45) is 55.6. The number of hydrogen-bond acceptors (Lipinski definition) is 15. The first-order valence-electron chi connectivity index (χ1n) is 40.4. The predicted octanol–water partition coefficient (Wildman–Crippen LogP) is 23.0. The smallest absolute Gasteiger partial charge is 0.462 e. The third-order valence-electron chi connectivity index (χ3n) is 18.5. The van der Waals surface area contributed by atoms with Crippen molar-refractivity contribution in [1.82, 2.24) is 0 Å². The number of ether oxygens (including phenoxy) is 4. The number of phosphoric ester groups is 2. The van der Waals surface area contributed by atoms with Gasteiger partial charge in [-0.2, -0.15) is 0 Å². The fourth-order valence-electron chi connectivity index (χ4n) is 11.9. The number of hydrogen-bond donors (Lipinski definition) is 3. The lowest BCUT2D eigenvalue weighted by Crippen LogP contribution is -2.30. The molecule has 3 N–H and O–H groups in total. The number of rotatable bonds is 76. The van der Waals surface area contributed by atoms with Crippen LogP contribution >= 0.6 is 15.6 Å². The molecule has 0 aromatic heterocycles. The minimum Gasteiger partial charge on any atom is -0.462 e. The second kappa shape index (κ2) is 68.5. The van der Waals surface area contributed by atoms with E-state index in [0.29, 0.717) is 31.6 Å². The van der Waals surface area contributed by atoms with Crippen molar-refractivity contribution < 1.29 is 80.2 Å². The quantitative estimate of drug-likeness (QED) is 0.0222. The van der Waals surface area contributed by atoms with Gasteiger partial charge in [-0.25, -0.2) is 9.13 Å². The van der Waals surface area contributed by atoms with Crippen molar-refractivity contribution in [2.45, 2.75) is 420 Å². The predicted molar refractivity (Wildman–Crippen MR) is 395 cm³/mol. The molecule has 0 bridgehead atoms. The highest BCUT2D eigenvalue weighted by atomic mass is 31.2. The lowest BCUT2D eigenvalue weighted by Gasteiger charge is -2.21. The highest BCUT2D eigenvalue weighted by molar-refractivity contribution is 7.47. The van der Waals surface area contributed by atoms with Crippen LogP contribution in [0.4, 0.5) is 0 Å². The summed E-state index contributed by atoms with van der Waals surface area (Å²) >= 11 is 0. The Bertz CT molecular complexity index is 1890. The Balaban J connectivity index is 5.21. The van der Waals surface area contributed by atoms with Crippen LogP contribution in [0.15, 0.2) is 0 Å². The zero-order valence-electron chi connectivity index (χ0n) is 63.5. The molecule has 0 aromatic rings. The molecular weight excluding hydrogens is 1270 g/mol. The first-order valence-corrected chi connectivity index (χ1v) is 43.4. The number of carbonyl (C=O) groups is 4. The van der Waals surface area contributed by atoms with Gasteiger partial charge in [0.15, 0.2) is 12.2 Å². The number of carbonyl (C=O) groups excluding carboxylic acids is 4. The van der Waals surface area contributed by atoms with E-state index in [1.54, 1.807) is 0 Å². The average Bonchev–Trinajstić information content (AvgIpc) is 1.43. The van der Waals surface area contributed by atoms with Gasteiger partial charge in [0, 0.05) is 25.7 Å². The molecule has 0 aliphatic rings. The largest absolute Gasteiger partial charge is 0.472 e. The van der Waals surface area contributed by atoms with Crippen molar-refractivity contribution in [1.29, 1.82) is 0 Å². The number of unbranched alkanes of at least 4 members (excludes halogenated alkanes) is 43. The van der Waals surface area contributed by atoms with E-state index < -0.39 is 97.5 Å². The molecular formula is C78H152O17P2. The van der Waals surface area contributed by atoms with Gasteiger partial charge in [-0.3, -0.25) is 37.3 Å². The standard InChI is InChI=1S/C78H152O17P2/c1-8-10-11-12-13-14-31-38-45-52-59-75(80)88-66-74(95-78(83)62-55-48-41-34-36-43-50-57-70(5)6)68-93-97(86,87)91-64-72(79)63-90-96(84,85)92-67-73(65-89-76(81)60-53-46-39-32-27-23-20-19-22-26-30-37-44-51-58-71(7)9-2)94-77(82)61-54-47-40-33-28-24-18-16-15-17-21-25-29-35-42-49-56-69(3)4/h69-74,79H,8-68H2,1-7H3,(H,84,85)(H,86,87)/t71?,72-,73-,74-/m1/s1. The van der Waals surface area contributed by atoms with E-state index in [0.717, 1.165) is 102 Å². The Labute approximate surface area is 594 Å². The summed E-state index contributed by atoms with van der Waals surface area (Å²) in [5.41, 5.74) is 0. The maximum Gasteiger partial charge on any atom is 0.472 e. The van der Waals surface area contributed by atoms with Gasteiger partial charge in [-0.05, 0) is 43.4 Å². The fourth-order valence-corrected chi connectivity index (χ4v) is 13.5. The summed E-state index contributed by atoms with van der Waals surface area (Å²) in [5.74, 6) is 0.238. The van der Waals surface area contributed by atoms with Crippen LogP contribution in [-0.4, -0.2) is 96.7 Å². The van der Waals surface area contributed by atoms with Crippen molar-refractivity contribution in [3.05, 3.63) is 0 Å². The Morgan fingerprint density at radius 2 is 0.526 bits per heavy atom. The van der Waals surface area contributed by atoms with E-state index in [2.05, 4.69) is 48.5 Å². The second-order valence-electron chi connectivity index (χ2n) is 29.3. The number of esters is 4. The molecule has 0 heterocycles. The van der Waals surface area contributed by atoms with Crippen LogP contribution in [-0.2, 0) is 65.4 Å². The third-order valence-corrected chi connectivity index (χ3v) is 20.4. The van der Waals surface area contributed by atoms with Crippen molar-refractivity contribution in [3.63, 3.8) is 0 Å². The minimum absolute atomic E-state index is 0.104. The summed E-state index contributed by atoms with van der Waals surface area (Å²) < 4.78 is 68.5. The zero-order chi connectivity index (χ0) is 71.6. The highest BCUT2D eigenvalue weighted by Gasteiger charge is 2.30. The number of aliphatic hydroxyl groups is 1. The Kier molecular flexibility index (Phi) is 67.1. The summed E-state index contributed by atoms with van der Waals surface area (Å²) in [4.78, 5) is 72.8. The summed E-state index contributed by atoms with van der Waals surface area (Å²) in [6.45, 7) is 11.9. The molecule has 0 saturated carbocycles. The van der Waals surface area contributed by atoms with Crippen molar-refractivity contribution in [2.75, 3.05) is 39.6 Å². The van der Waals surface area contributed by atoms with Crippen LogP contribution < -0.4 is 0 Å². The van der Waals surface area contributed by atoms with Gasteiger partial charge < -0.3 is 33.8 Å². The lowest BCUT2D eigenvalue weighted by molar-refractivity contribution is -0.161. The van der Waals surface area contributed by atoms with E-state index in [1.807, 2.05) is 0 Å². The maximum absolute atomic E-state index is 13.1. The van der Waals surface area contributed by atoms with E-state index in [1.165, 1.54) is 212 Å². The van der Waals surface area contributed by atoms with Gasteiger partial charge in [0.2, 0.25) is 0 Å². The molecule has 0 aliphatic heterocycles. The molecule has 0 aliphatic carbocycles. The molecule has 17 nitrogen and oxygen atoms in total. The van der Waals surface area contributed by atoms with Crippen LogP contribution in [0.2, 0.25) is 0 Å². The van der Waals surface area contributed by atoms with Gasteiger partial charge in [-0.1, -0.05) is 350 Å². The fraction of sp³-hybridized carbons (Fsp3) is 0.949. The molecule has 97 heavy (non-hydrogen) atoms. The van der Waals surface area contributed by atoms with Crippen molar-refractivity contribution in [3.8, 4) is 0 Å². The van der Waals surface area contributed by atoms with Crippen molar-refractivity contribution in [2.24, 2.45) is 17.8 Å². The SMILES string of the molecule is CCCCCCCCCCCCC(=O)OC[C@H](COP(=O)(O)OC[C@H](O)COP(=O)(O)OC[C@@H](COC(=O)CCCCCCCCCCCCCCCCC(C)CC)OC(=O)CCCCCCCCCCCCCCCCCCC(C)C)OC(=O)CCCCCCCCCC(C)C. The first-order chi connectivity index (χ1) is 46.8. The number of phosphoric acid groups is 2. The van der Waals surface area contributed by atoms with Crippen LogP contribution in [0.5, 0.6) is 0 Å². The highest BCUT2D eigenvalue weighted by Crippen LogP contribution is 2.45. The topological polar surface area (TPSA) is 237 Å². The van der Waals surface area contributed by atoms with Gasteiger partial charge in [-0.15, -0.1) is 0 Å². The lowest BCUT2D eigenvalue weighted by atomic mass is 9.99. The van der Waals surface area contributed by atoms with Gasteiger partial charge in [0.1, 0.15) is 19.3 Å². The third kappa shape index (κ3) is 70.9. The van der Waals surface area contributed by atoms with E-state index in [9.17, 15) is 43.2 Å². The zero-order valence-corrected chi connectivity index (χ0v) is 65.3. The molecule has 576 valence electrons. The van der Waals surface area contributed by atoms with Gasteiger partial charge >= 0.3 is 39.5 Å². The van der Waals surface area contributed by atoms with Gasteiger partial charge in [0.25, 0.3) is 0 Å². The first kappa shape index (κ1) is 95.1. The van der Waals surface area contributed by atoms with E-state index >= 15 is 0 Å². The minimum atomic E-state index is -4.96. The van der Waals surface area contributed by atoms with Crippen LogP contribution in [0, 0.1) is 17.8 Å². The normalized spacial score (nSPS) is 14.3. The molecule has 0 amide bonds. The van der Waals surface area contributed by atoms with Gasteiger partial charge in [0.05, 0.1) is 26.4 Å². The Morgan fingerprint density at radius 3 is 0.784 bits per heavy atom. The van der Waals surface area contributed by atoms with Crippen LogP contribution in [0.25, 0.3) is 0 Å². The molecule has 0 saturated heterocycles. The molecule has 19 heteroatoms. The Hall–Kier alpha value is -1.94. The summed E-state index contributed by atoms with van der Waals surface area (Å²) in [5, 5.41) is 10.6. The molecule has 6 atom stereocenters.